The van der Waals surface area contributed by atoms with Crippen LogP contribution in [0, 0.1) is 0 Å². The van der Waals surface area contributed by atoms with Crippen molar-refractivity contribution in [1.82, 2.24) is 0 Å². The number of rotatable bonds is 12. The van der Waals surface area contributed by atoms with Gasteiger partial charge in [0, 0.05) is 17.5 Å². The number of carbonyl (C=O) groups excluding carboxylic acids is 3. The van der Waals surface area contributed by atoms with Crippen LogP contribution in [0.3, 0.4) is 0 Å². The Bertz CT molecular complexity index is 1250. The smallest absolute Gasteiger partial charge is 0.338 e. The van der Waals surface area contributed by atoms with E-state index in [1.807, 2.05) is 0 Å². The number of hydrogen-bond acceptors (Lipinski definition) is 9. The number of ether oxygens (including phenoxy) is 4. The Kier molecular flexibility index (Phi) is 10.3. The van der Waals surface area contributed by atoms with Gasteiger partial charge in [-0.1, -0.05) is 25.5 Å². The first kappa shape index (κ1) is 27.8. The zero-order valence-corrected chi connectivity index (χ0v) is 21.1. The van der Waals surface area contributed by atoms with E-state index in [0.717, 1.165) is 18.6 Å². The Morgan fingerprint density at radius 2 is 1.32 bits per heavy atom. The van der Waals surface area contributed by atoms with Gasteiger partial charge in [0.1, 0.15) is 24.7 Å². The number of benzene rings is 3. The molecule has 0 heterocycles. The van der Waals surface area contributed by atoms with E-state index in [1.165, 1.54) is 24.3 Å². The van der Waals surface area contributed by atoms with Crippen molar-refractivity contribution in [2.24, 2.45) is 0 Å². The van der Waals surface area contributed by atoms with Crippen molar-refractivity contribution in [2.75, 3.05) is 31.3 Å². The zero-order valence-electron chi connectivity index (χ0n) is 21.1. The van der Waals surface area contributed by atoms with Crippen LogP contribution in [0.25, 0.3) is 6.08 Å². The first-order chi connectivity index (χ1) is 18.3. The molecule has 3 rings (SSSR count). The van der Waals surface area contributed by atoms with E-state index in [0.29, 0.717) is 34.9 Å². The van der Waals surface area contributed by atoms with Crippen molar-refractivity contribution in [1.29, 1.82) is 0 Å². The SMILES string of the molecule is CCCCOc1ccc(OC(=O)C=Cc2ccc(C(=O)OCCOC(=O)c3cc(N)cc(N)c3)cc2)cc1. The Balaban J connectivity index is 1.40. The van der Waals surface area contributed by atoms with Crippen LogP contribution in [0.1, 0.15) is 46.0 Å². The van der Waals surface area contributed by atoms with Crippen LogP contribution in [-0.2, 0) is 14.3 Å². The molecule has 0 bridgehead atoms. The molecule has 0 amide bonds. The van der Waals surface area contributed by atoms with Crippen LogP contribution in [-0.4, -0.2) is 37.7 Å². The Hall–Kier alpha value is -4.79. The van der Waals surface area contributed by atoms with E-state index in [9.17, 15) is 14.4 Å². The van der Waals surface area contributed by atoms with Crippen molar-refractivity contribution in [3.8, 4) is 11.5 Å². The molecule has 198 valence electrons. The van der Waals surface area contributed by atoms with Crippen molar-refractivity contribution >= 4 is 35.4 Å². The van der Waals surface area contributed by atoms with Gasteiger partial charge in [-0.25, -0.2) is 14.4 Å². The molecule has 0 atom stereocenters. The number of nitrogen functional groups attached to an aromatic ring is 2. The van der Waals surface area contributed by atoms with E-state index in [-0.39, 0.29) is 18.8 Å². The molecule has 0 aliphatic rings. The number of nitrogens with two attached hydrogens (primary N) is 2. The van der Waals surface area contributed by atoms with Gasteiger partial charge in [0.15, 0.2) is 0 Å². The lowest BCUT2D eigenvalue weighted by Gasteiger charge is -2.08. The van der Waals surface area contributed by atoms with Crippen molar-refractivity contribution in [2.45, 2.75) is 19.8 Å². The number of anilines is 2. The summed E-state index contributed by atoms with van der Waals surface area (Å²) in [5, 5.41) is 0. The van der Waals surface area contributed by atoms with Gasteiger partial charge in [-0.2, -0.15) is 0 Å². The summed E-state index contributed by atoms with van der Waals surface area (Å²) in [6.07, 6.45) is 4.89. The maximum Gasteiger partial charge on any atom is 0.338 e. The van der Waals surface area contributed by atoms with Crippen LogP contribution in [0.15, 0.2) is 72.8 Å². The van der Waals surface area contributed by atoms with Gasteiger partial charge in [-0.3, -0.25) is 0 Å². The number of carbonyl (C=O) groups is 3. The van der Waals surface area contributed by atoms with Gasteiger partial charge in [-0.05, 0) is 72.7 Å². The molecule has 0 fully saturated rings. The fraction of sp³-hybridized carbons (Fsp3) is 0.207. The monoisotopic (exact) mass is 518 g/mol. The van der Waals surface area contributed by atoms with Gasteiger partial charge in [0.05, 0.1) is 17.7 Å². The molecular weight excluding hydrogens is 488 g/mol. The highest BCUT2D eigenvalue weighted by atomic mass is 16.6. The number of unbranched alkanes of at least 4 members (excludes halogenated alkanes) is 1. The molecule has 9 heteroatoms. The van der Waals surface area contributed by atoms with Crippen LogP contribution >= 0.6 is 0 Å². The molecule has 0 spiro atoms. The molecule has 0 saturated carbocycles. The van der Waals surface area contributed by atoms with Gasteiger partial charge in [0.2, 0.25) is 0 Å². The summed E-state index contributed by atoms with van der Waals surface area (Å²) in [6, 6.07) is 17.7. The van der Waals surface area contributed by atoms with E-state index in [2.05, 4.69) is 6.92 Å². The maximum absolute atomic E-state index is 12.2. The average Bonchev–Trinajstić information content (AvgIpc) is 2.90. The predicted molar refractivity (Wildman–Crippen MR) is 144 cm³/mol. The molecular formula is C29H30N2O7. The van der Waals surface area contributed by atoms with E-state index in [1.54, 1.807) is 54.6 Å². The summed E-state index contributed by atoms with van der Waals surface area (Å²) in [7, 11) is 0. The van der Waals surface area contributed by atoms with Gasteiger partial charge < -0.3 is 30.4 Å². The first-order valence-electron chi connectivity index (χ1n) is 12.1. The molecule has 3 aromatic carbocycles. The second kappa shape index (κ2) is 14.1. The van der Waals surface area contributed by atoms with Crippen LogP contribution in [0.5, 0.6) is 11.5 Å². The summed E-state index contributed by atoms with van der Waals surface area (Å²) in [5.41, 5.74) is 13.2. The highest BCUT2D eigenvalue weighted by Crippen LogP contribution is 2.18. The molecule has 0 aliphatic carbocycles. The Labute approximate surface area is 220 Å². The minimum absolute atomic E-state index is 0.123. The van der Waals surface area contributed by atoms with Crippen molar-refractivity contribution < 1.29 is 33.3 Å². The summed E-state index contributed by atoms with van der Waals surface area (Å²) in [6.45, 7) is 2.48. The standard InChI is InChI=1S/C29H30N2O7/c1-2-3-14-35-25-9-11-26(12-10-25)38-27(32)13-6-20-4-7-21(8-5-20)28(33)36-15-16-37-29(34)22-17-23(30)19-24(31)18-22/h4-13,17-19H,2-3,14-16,30-31H2,1H3. The fourth-order valence-electron chi connectivity index (χ4n) is 3.21. The van der Waals surface area contributed by atoms with E-state index < -0.39 is 17.9 Å². The number of hydrogen-bond donors (Lipinski definition) is 2. The summed E-state index contributed by atoms with van der Waals surface area (Å²) < 4.78 is 21.1. The summed E-state index contributed by atoms with van der Waals surface area (Å²) in [4.78, 5) is 36.4. The Morgan fingerprint density at radius 3 is 1.92 bits per heavy atom. The third kappa shape index (κ3) is 9.02. The molecule has 0 saturated heterocycles. The minimum atomic E-state index is -0.622. The molecule has 4 N–H and O–H groups in total. The third-order valence-electron chi connectivity index (χ3n) is 5.13. The molecule has 38 heavy (non-hydrogen) atoms. The largest absolute Gasteiger partial charge is 0.494 e. The van der Waals surface area contributed by atoms with Crippen molar-refractivity contribution in [3.05, 3.63) is 89.5 Å². The second-order valence-corrected chi connectivity index (χ2v) is 8.21. The molecule has 0 aromatic heterocycles. The topological polar surface area (TPSA) is 140 Å². The zero-order chi connectivity index (χ0) is 27.3. The van der Waals surface area contributed by atoms with Crippen LogP contribution in [0.2, 0.25) is 0 Å². The highest BCUT2D eigenvalue weighted by Gasteiger charge is 2.11. The molecule has 9 nitrogen and oxygen atoms in total. The molecule has 0 aliphatic heterocycles. The lowest BCUT2D eigenvalue weighted by atomic mass is 10.1. The summed E-state index contributed by atoms with van der Waals surface area (Å²) in [5.74, 6) is -0.613. The van der Waals surface area contributed by atoms with Crippen LogP contribution < -0.4 is 20.9 Å². The lowest BCUT2D eigenvalue weighted by molar-refractivity contribution is -0.128. The fourth-order valence-corrected chi connectivity index (χ4v) is 3.21. The highest BCUT2D eigenvalue weighted by molar-refractivity contribution is 5.92. The quantitative estimate of drug-likeness (QED) is 0.115. The normalized spacial score (nSPS) is 10.7. The molecule has 3 aromatic rings. The van der Waals surface area contributed by atoms with Gasteiger partial charge >= 0.3 is 17.9 Å². The molecule has 0 radical (unpaired) electrons. The second-order valence-electron chi connectivity index (χ2n) is 8.21. The van der Waals surface area contributed by atoms with E-state index >= 15 is 0 Å². The van der Waals surface area contributed by atoms with Gasteiger partial charge in [0.25, 0.3) is 0 Å². The summed E-state index contributed by atoms with van der Waals surface area (Å²) >= 11 is 0. The minimum Gasteiger partial charge on any atom is -0.494 e. The first-order valence-corrected chi connectivity index (χ1v) is 12.1. The predicted octanol–water partition coefficient (Wildman–Crippen LogP) is 4.66. The number of esters is 3. The third-order valence-corrected chi connectivity index (χ3v) is 5.13. The average molecular weight is 519 g/mol. The molecule has 0 unspecified atom stereocenters. The maximum atomic E-state index is 12.2. The van der Waals surface area contributed by atoms with Gasteiger partial charge in [-0.15, -0.1) is 0 Å². The lowest BCUT2D eigenvalue weighted by Crippen LogP contribution is -2.14. The van der Waals surface area contributed by atoms with E-state index in [4.69, 9.17) is 30.4 Å². The van der Waals surface area contributed by atoms with Crippen LogP contribution in [0.4, 0.5) is 11.4 Å². The van der Waals surface area contributed by atoms with Crippen molar-refractivity contribution in [3.63, 3.8) is 0 Å². The Morgan fingerprint density at radius 1 is 0.737 bits per heavy atom.